The van der Waals surface area contributed by atoms with E-state index in [-0.39, 0.29) is 48.9 Å². The summed E-state index contributed by atoms with van der Waals surface area (Å²) < 4.78 is 23.6. The minimum absolute atomic E-state index is 0.00846. The zero-order chi connectivity index (χ0) is 44.2. The highest BCUT2D eigenvalue weighted by molar-refractivity contribution is 6.53. The molecule has 0 saturated carbocycles. The molecular formula is C42H48B2N8O10. The SMILES string of the molecule is CC(C)C[C@H](NC(=O)[C@H](Cc1ccccc1)NC(=O)c1cnccn1)B1OC(=O)C2OB([C@H](CC(C)C)NC(=O)[C@H](Cc3ccccc3)NC(=O)c3cnccn3)OC(=O)C2O1. The van der Waals surface area contributed by atoms with Crippen LogP contribution in [-0.2, 0) is 50.6 Å². The van der Waals surface area contributed by atoms with Gasteiger partial charge >= 0.3 is 26.2 Å². The fourth-order valence-corrected chi connectivity index (χ4v) is 7.04. The summed E-state index contributed by atoms with van der Waals surface area (Å²) in [6, 6.07) is 15.9. The fourth-order valence-electron chi connectivity index (χ4n) is 7.04. The topological polar surface area (TPSA) is 239 Å². The highest BCUT2D eigenvalue weighted by atomic mass is 16.7. The van der Waals surface area contributed by atoms with E-state index >= 15 is 0 Å². The first-order valence-electron chi connectivity index (χ1n) is 20.4. The van der Waals surface area contributed by atoms with Gasteiger partial charge in [-0.15, -0.1) is 0 Å². The summed E-state index contributed by atoms with van der Waals surface area (Å²) in [6.45, 7) is 7.56. The van der Waals surface area contributed by atoms with Crippen LogP contribution in [0.1, 0.15) is 72.6 Å². The molecule has 18 nitrogen and oxygen atoms in total. The minimum Gasteiger partial charge on any atom is -0.506 e. The second kappa shape index (κ2) is 21.3. The fraction of sp³-hybridized carbons (Fsp3) is 0.381. The normalized spacial score (nSPS) is 18.0. The molecule has 322 valence electrons. The van der Waals surface area contributed by atoms with Crippen molar-refractivity contribution in [1.82, 2.24) is 41.2 Å². The maximum absolute atomic E-state index is 14.0. The molecule has 2 unspecified atom stereocenters. The average Bonchev–Trinajstić information content (AvgIpc) is 3.26. The Morgan fingerprint density at radius 2 is 0.968 bits per heavy atom. The number of benzene rings is 2. The number of hydrogen-bond acceptors (Lipinski definition) is 14. The number of aromatic nitrogens is 4. The Kier molecular flexibility index (Phi) is 15.5. The Bertz CT molecular complexity index is 2010. The van der Waals surface area contributed by atoms with Crippen LogP contribution >= 0.6 is 0 Å². The molecule has 4 heterocycles. The van der Waals surface area contributed by atoms with Gasteiger partial charge in [0.15, 0.2) is 12.2 Å². The van der Waals surface area contributed by atoms with Gasteiger partial charge in [-0.2, -0.15) is 0 Å². The van der Waals surface area contributed by atoms with E-state index in [2.05, 4.69) is 41.2 Å². The van der Waals surface area contributed by atoms with Crippen molar-refractivity contribution in [1.29, 1.82) is 0 Å². The molecule has 4 N–H and O–H groups in total. The van der Waals surface area contributed by atoms with Crippen molar-refractivity contribution in [2.45, 2.75) is 89.6 Å². The Labute approximate surface area is 359 Å². The highest BCUT2D eigenvalue weighted by Gasteiger charge is 2.57. The number of hydrogen-bond donors (Lipinski definition) is 4. The molecule has 2 aromatic heterocycles. The second-order valence-electron chi connectivity index (χ2n) is 15.8. The molecule has 62 heavy (non-hydrogen) atoms. The van der Waals surface area contributed by atoms with Gasteiger partial charge in [0, 0.05) is 37.6 Å². The van der Waals surface area contributed by atoms with Gasteiger partial charge in [-0.05, 0) is 35.8 Å². The van der Waals surface area contributed by atoms with E-state index < -0.39 is 86.0 Å². The third-order valence-corrected chi connectivity index (χ3v) is 9.93. The molecule has 0 bridgehead atoms. The standard InChI is InChI=1S/C42H48B2N8O10/c1-25(2)19-33(51-37(53)29(21-27-11-7-5-8-12-27)49-39(55)31-23-45-15-17-47-31)43-59-35-36(41(57)61-43)60-44(62-42(35)58)34(20-26(3)4)52-38(54)30(22-28-13-9-6-10-14-28)50-40(56)32-24-46-16-18-48-32/h5-18,23-26,29-30,33-36H,19-22H2,1-4H3,(H,49,55)(H,50,56)(H,51,53)(H,52,54)/t29-,30-,33-,34-,35?,36?/m0/s1. The van der Waals surface area contributed by atoms with E-state index in [1.54, 1.807) is 0 Å². The molecule has 2 aromatic carbocycles. The van der Waals surface area contributed by atoms with Crippen LogP contribution in [0, 0.1) is 11.8 Å². The third kappa shape index (κ3) is 12.3. The Hall–Kier alpha value is -6.53. The molecule has 2 aliphatic heterocycles. The van der Waals surface area contributed by atoms with Gasteiger partial charge in [0.2, 0.25) is 11.8 Å². The highest BCUT2D eigenvalue weighted by Crippen LogP contribution is 2.27. The molecular weight excluding hydrogens is 798 g/mol. The van der Waals surface area contributed by atoms with Crippen LogP contribution in [0.5, 0.6) is 0 Å². The number of carbonyl (C=O) groups is 6. The number of amides is 4. The summed E-state index contributed by atoms with van der Waals surface area (Å²) in [6.07, 6.45) is 5.68. The van der Waals surface area contributed by atoms with Crippen LogP contribution < -0.4 is 21.3 Å². The van der Waals surface area contributed by atoms with Crippen LogP contribution in [0.25, 0.3) is 0 Å². The van der Waals surface area contributed by atoms with Crippen molar-refractivity contribution < 1.29 is 47.4 Å². The van der Waals surface area contributed by atoms with Crippen molar-refractivity contribution >= 4 is 49.8 Å². The van der Waals surface area contributed by atoms with Crippen LogP contribution in [0.15, 0.2) is 97.8 Å². The van der Waals surface area contributed by atoms with Crippen molar-refractivity contribution in [2.75, 3.05) is 0 Å². The zero-order valence-corrected chi connectivity index (χ0v) is 34.7. The maximum Gasteiger partial charge on any atom is 0.552 e. The molecule has 4 aromatic rings. The second-order valence-corrected chi connectivity index (χ2v) is 15.8. The van der Waals surface area contributed by atoms with Crippen LogP contribution in [0.2, 0.25) is 0 Å². The summed E-state index contributed by atoms with van der Waals surface area (Å²) in [7, 11) is -2.89. The van der Waals surface area contributed by atoms with Gasteiger partial charge in [-0.1, -0.05) is 88.4 Å². The largest absolute Gasteiger partial charge is 0.552 e. The molecule has 20 heteroatoms. The lowest BCUT2D eigenvalue weighted by Crippen LogP contribution is -2.68. The monoisotopic (exact) mass is 846 g/mol. The van der Waals surface area contributed by atoms with E-state index in [1.807, 2.05) is 88.4 Å². The van der Waals surface area contributed by atoms with E-state index in [0.717, 1.165) is 11.1 Å². The van der Waals surface area contributed by atoms with Gasteiger partial charge in [-0.3, -0.25) is 38.7 Å². The molecule has 2 saturated heterocycles. The van der Waals surface area contributed by atoms with Crippen LogP contribution in [0.3, 0.4) is 0 Å². The van der Waals surface area contributed by atoms with Crippen molar-refractivity contribution in [3.63, 3.8) is 0 Å². The van der Waals surface area contributed by atoms with Gasteiger partial charge in [0.05, 0.1) is 24.3 Å². The number of nitrogens with zero attached hydrogens (tertiary/aromatic N) is 4. The molecule has 6 rings (SSSR count). The van der Waals surface area contributed by atoms with E-state index in [0.29, 0.717) is 0 Å². The molecule has 2 aliphatic rings. The third-order valence-electron chi connectivity index (χ3n) is 9.93. The molecule has 2 fully saturated rings. The number of nitrogens with one attached hydrogen (secondary N) is 4. The lowest BCUT2D eigenvalue weighted by molar-refractivity contribution is -0.178. The van der Waals surface area contributed by atoms with E-state index in [1.165, 1.54) is 37.2 Å². The average molecular weight is 847 g/mol. The number of fused-ring (bicyclic) bond motifs is 1. The molecule has 4 amide bonds. The van der Waals surface area contributed by atoms with Crippen LogP contribution in [-0.4, -0.2) is 106 Å². The first-order chi connectivity index (χ1) is 29.8. The quantitative estimate of drug-likeness (QED) is 0.104. The van der Waals surface area contributed by atoms with Gasteiger partial charge in [0.1, 0.15) is 23.5 Å². The Morgan fingerprint density at radius 3 is 1.31 bits per heavy atom. The van der Waals surface area contributed by atoms with Crippen molar-refractivity contribution in [2.24, 2.45) is 11.8 Å². The van der Waals surface area contributed by atoms with E-state index in [4.69, 9.17) is 18.6 Å². The van der Waals surface area contributed by atoms with Crippen molar-refractivity contribution in [3.05, 3.63) is 120 Å². The maximum atomic E-state index is 14.0. The first kappa shape index (κ1) is 45.0. The van der Waals surface area contributed by atoms with Gasteiger partial charge in [0.25, 0.3) is 11.8 Å². The molecule has 0 radical (unpaired) electrons. The van der Waals surface area contributed by atoms with Gasteiger partial charge < -0.3 is 39.9 Å². The summed E-state index contributed by atoms with van der Waals surface area (Å²) in [5.74, 6) is -6.41. The van der Waals surface area contributed by atoms with Crippen molar-refractivity contribution in [3.8, 4) is 0 Å². The zero-order valence-electron chi connectivity index (χ0n) is 34.7. The first-order valence-corrected chi connectivity index (χ1v) is 20.4. The Balaban J connectivity index is 1.16. The minimum atomic E-state index is -1.58. The lowest BCUT2D eigenvalue weighted by Gasteiger charge is -2.41. The lowest BCUT2D eigenvalue weighted by atomic mass is 9.70. The molecule has 0 aliphatic carbocycles. The van der Waals surface area contributed by atoms with Crippen LogP contribution in [0.4, 0.5) is 0 Å². The predicted molar refractivity (Wildman–Crippen MR) is 223 cm³/mol. The Morgan fingerprint density at radius 1 is 0.581 bits per heavy atom. The number of rotatable bonds is 18. The summed E-state index contributed by atoms with van der Waals surface area (Å²) in [4.78, 5) is 97.8. The predicted octanol–water partition coefficient (Wildman–Crippen LogP) is 1.65. The van der Waals surface area contributed by atoms with E-state index in [9.17, 15) is 28.8 Å². The summed E-state index contributed by atoms with van der Waals surface area (Å²) in [5.41, 5.74) is 1.54. The summed E-state index contributed by atoms with van der Waals surface area (Å²) >= 11 is 0. The van der Waals surface area contributed by atoms with Gasteiger partial charge in [-0.25, -0.2) is 9.97 Å². The smallest absolute Gasteiger partial charge is 0.506 e. The summed E-state index contributed by atoms with van der Waals surface area (Å²) in [5, 5.41) is 11.2. The molecule has 6 atom stereocenters. The number of carbonyl (C=O) groups excluding carboxylic acids is 6. The molecule has 0 spiro atoms.